The summed E-state index contributed by atoms with van der Waals surface area (Å²) in [7, 11) is 0.361. The molecule has 1 unspecified atom stereocenters. The van der Waals surface area contributed by atoms with Crippen molar-refractivity contribution in [2.24, 2.45) is 0 Å². The second kappa shape index (κ2) is 9.25. The minimum absolute atomic E-state index is 0.173. The van der Waals surface area contributed by atoms with E-state index in [1.54, 1.807) is 13.2 Å². The number of amides is 1. The van der Waals surface area contributed by atoms with Crippen LogP contribution in [0, 0.1) is 18.8 Å². The monoisotopic (exact) mass is 469 g/mol. The third kappa shape index (κ3) is 4.60. The van der Waals surface area contributed by atoms with Crippen LogP contribution in [0.25, 0.3) is 10.9 Å². The van der Waals surface area contributed by atoms with Crippen LogP contribution in [0.15, 0.2) is 55.0 Å². The van der Waals surface area contributed by atoms with Crippen molar-refractivity contribution in [3.05, 3.63) is 87.4 Å². The number of aryl methyl sites for hydroxylation is 2. The summed E-state index contributed by atoms with van der Waals surface area (Å²) < 4.78 is 6.66. The number of benzene rings is 2. The normalized spacial score (nSPS) is 12.1. The summed E-state index contributed by atoms with van der Waals surface area (Å²) in [6.45, 7) is 4.25. The van der Waals surface area contributed by atoms with E-state index in [2.05, 4.69) is 33.5 Å². The van der Waals surface area contributed by atoms with Crippen molar-refractivity contribution in [2.45, 2.75) is 20.4 Å². The van der Waals surface area contributed by atoms with Crippen LogP contribution in [0.1, 0.15) is 27.3 Å². The van der Waals surface area contributed by atoms with Gasteiger partial charge in [-0.25, -0.2) is 0 Å². The summed E-state index contributed by atoms with van der Waals surface area (Å²) in [5.41, 5.74) is 4.05. The highest BCUT2D eigenvalue weighted by atomic mass is 35.5. The molecule has 0 aliphatic carbocycles. The standard InChI is InChI=1S/C23H22ClN4O3P/c1-14-8-15(2)10-18(9-14)32(31-3)22-19-11-16(24)4-5-20(19)27-21(22)23(29)26-12-17-13-28(30)7-6-25-17/h4-11,13H,12H2,1-3H3,(H2-,25,26,27,29,30)/p+1. The zero-order valence-electron chi connectivity index (χ0n) is 17.9. The fourth-order valence-corrected chi connectivity index (χ4v) is 5.96. The highest BCUT2D eigenvalue weighted by Gasteiger charge is 2.27. The van der Waals surface area contributed by atoms with Crippen molar-refractivity contribution in [2.75, 3.05) is 7.11 Å². The Morgan fingerprint density at radius 3 is 2.62 bits per heavy atom. The molecule has 0 saturated heterocycles. The van der Waals surface area contributed by atoms with Gasteiger partial charge in [0.15, 0.2) is 0 Å². The number of hydrogen-bond acceptors (Lipinski definition) is 3. The van der Waals surface area contributed by atoms with E-state index in [-0.39, 0.29) is 12.5 Å². The van der Waals surface area contributed by atoms with E-state index >= 15 is 0 Å². The first kappa shape index (κ1) is 22.2. The van der Waals surface area contributed by atoms with Crippen molar-refractivity contribution in [1.29, 1.82) is 0 Å². The first-order valence-corrected chi connectivity index (χ1v) is 11.6. The first-order valence-electron chi connectivity index (χ1n) is 9.97. The van der Waals surface area contributed by atoms with Gasteiger partial charge >= 0.3 is 0 Å². The van der Waals surface area contributed by atoms with Crippen molar-refractivity contribution in [1.82, 2.24) is 15.3 Å². The van der Waals surface area contributed by atoms with Crippen molar-refractivity contribution >= 4 is 47.2 Å². The molecule has 1 amide bonds. The summed E-state index contributed by atoms with van der Waals surface area (Å²) >= 11 is 6.30. The number of carbonyl (C=O) groups excluding carboxylic acids is 1. The number of hydrogen-bond donors (Lipinski definition) is 3. The Bertz CT molecular complexity index is 1340. The number of carbonyl (C=O) groups is 1. The van der Waals surface area contributed by atoms with E-state index in [0.717, 1.165) is 32.6 Å². The predicted octanol–water partition coefficient (Wildman–Crippen LogP) is 3.60. The average Bonchev–Trinajstić information content (AvgIpc) is 3.11. The number of nitrogens with one attached hydrogen (secondary N) is 3. The molecule has 164 valence electrons. The highest BCUT2D eigenvalue weighted by molar-refractivity contribution is 7.69. The predicted molar refractivity (Wildman–Crippen MR) is 128 cm³/mol. The quantitative estimate of drug-likeness (QED) is 0.297. The van der Waals surface area contributed by atoms with Gasteiger partial charge in [0, 0.05) is 38.6 Å². The van der Waals surface area contributed by atoms with Crippen LogP contribution >= 0.6 is 19.7 Å². The third-order valence-corrected chi connectivity index (χ3v) is 7.20. The maximum absolute atomic E-state index is 13.2. The lowest BCUT2D eigenvalue weighted by Crippen LogP contribution is -2.30. The zero-order chi connectivity index (χ0) is 22.8. The molecule has 4 rings (SSSR count). The molecule has 1 atom stereocenters. The molecular formula is C23H23ClN4O3P+. The summed E-state index contributed by atoms with van der Waals surface area (Å²) in [6.07, 6.45) is 4.25. The lowest BCUT2D eigenvalue weighted by molar-refractivity contribution is -0.495. The summed E-state index contributed by atoms with van der Waals surface area (Å²) in [4.78, 5) is 30.9. The SMILES string of the molecule is COP(c1cc(C)cc(C)c1)c1c(C(=O)NCc2c[n+](=O)cc[nH]2)[nH]c2ccc(Cl)cc12. The molecule has 2 heterocycles. The van der Waals surface area contributed by atoms with Gasteiger partial charge in [0.05, 0.1) is 25.3 Å². The van der Waals surface area contributed by atoms with Gasteiger partial charge in [-0.05, 0) is 44.2 Å². The van der Waals surface area contributed by atoms with Gasteiger partial charge in [-0.2, -0.15) is 0 Å². The van der Waals surface area contributed by atoms with Gasteiger partial charge in [0.2, 0.25) is 12.4 Å². The van der Waals surface area contributed by atoms with Gasteiger partial charge in [-0.3, -0.25) is 4.79 Å². The number of fused-ring (bicyclic) bond motifs is 1. The molecule has 3 N–H and O–H groups in total. The third-order valence-electron chi connectivity index (χ3n) is 5.00. The molecule has 0 radical (unpaired) electrons. The van der Waals surface area contributed by atoms with Crippen LogP contribution in [-0.4, -0.2) is 23.0 Å². The Balaban J connectivity index is 1.79. The molecule has 0 aliphatic heterocycles. The molecule has 2 aromatic heterocycles. The van der Waals surface area contributed by atoms with Gasteiger partial charge in [-0.15, -0.1) is 0 Å². The summed E-state index contributed by atoms with van der Waals surface area (Å²) in [6, 6.07) is 11.8. The van der Waals surface area contributed by atoms with Crippen LogP contribution < -0.4 is 20.4 Å². The number of aromatic amines is 2. The first-order chi connectivity index (χ1) is 15.4. The Morgan fingerprint density at radius 1 is 1.19 bits per heavy atom. The van der Waals surface area contributed by atoms with Crippen LogP contribution in [0.4, 0.5) is 0 Å². The fraction of sp³-hybridized carbons (Fsp3) is 0.174. The van der Waals surface area contributed by atoms with Gasteiger partial charge in [0.1, 0.15) is 11.4 Å². The lowest BCUT2D eigenvalue weighted by Gasteiger charge is -2.18. The average molecular weight is 470 g/mol. The minimum Gasteiger partial charge on any atom is -0.353 e. The second-order valence-corrected chi connectivity index (χ2v) is 9.87. The highest BCUT2D eigenvalue weighted by Crippen LogP contribution is 2.39. The van der Waals surface area contributed by atoms with Crippen LogP contribution in [-0.2, 0) is 11.1 Å². The smallest absolute Gasteiger partial charge is 0.268 e. The minimum atomic E-state index is -1.29. The van der Waals surface area contributed by atoms with E-state index in [0.29, 0.717) is 20.8 Å². The number of aromatic nitrogens is 3. The topological polar surface area (TPSA) is 92.9 Å². The molecule has 32 heavy (non-hydrogen) atoms. The number of halogens is 1. The van der Waals surface area contributed by atoms with E-state index in [1.807, 2.05) is 26.0 Å². The van der Waals surface area contributed by atoms with Crippen LogP contribution in [0.5, 0.6) is 0 Å². The van der Waals surface area contributed by atoms with Gasteiger partial charge in [0.25, 0.3) is 5.91 Å². The van der Waals surface area contributed by atoms with E-state index in [4.69, 9.17) is 16.1 Å². The van der Waals surface area contributed by atoms with E-state index in [1.165, 1.54) is 18.6 Å². The summed E-state index contributed by atoms with van der Waals surface area (Å²) in [5, 5.41) is 6.09. The zero-order valence-corrected chi connectivity index (χ0v) is 19.6. The molecule has 2 aromatic carbocycles. The number of H-pyrrole nitrogens is 2. The van der Waals surface area contributed by atoms with Gasteiger partial charge in [-0.1, -0.05) is 28.8 Å². The molecular weight excluding hydrogens is 447 g/mol. The van der Waals surface area contributed by atoms with E-state index < -0.39 is 8.15 Å². The Labute approximate surface area is 191 Å². The van der Waals surface area contributed by atoms with E-state index in [9.17, 15) is 9.70 Å². The van der Waals surface area contributed by atoms with Crippen molar-refractivity contribution < 1.29 is 13.7 Å². The Kier molecular flexibility index (Phi) is 6.42. The van der Waals surface area contributed by atoms with Crippen LogP contribution in [0.2, 0.25) is 5.02 Å². The maximum Gasteiger partial charge on any atom is 0.268 e. The molecule has 0 aliphatic rings. The lowest BCUT2D eigenvalue weighted by atomic mass is 10.2. The van der Waals surface area contributed by atoms with Crippen molar-refractivity contribution in [3.8, 4) is 0 Å². The molecule has 0 bridgehead atoms. The number of rotatable bonds is 6. The Morgan fingerprint density at radius 2 is 1.94 bits per heavy atom. The number of nitrogens with zero attached hydrogens (tertiary/aromatic N) is 1. The van der Waals surface area contributed by atoms with Crippen molar-refractivity contribution in [3.63, 3.8) is 0 Å². The molecule has 7 nitrogen and oxygen atoms in total. The fourth-order valence-electron chi connectivity index (χ4n) is 3.73. The molecule has 0 spiro atoms. The maximum atomic E-state index is 13.2. The molecule has 4 aromatic rings. The largest absolute Gasteiger partial charge is 0.353 e. The van der Waals surface area contributed by atoms with Gasteiger partial charge < -0.3 is 19.8 Å². The Hall–Kier alpha value is -2.99. The second-order valence-electron chi connectivity index (χ2n) is 7.52. The molecule has 9 heteroatoms. The van der Waals surface area contributed by atoms with Crippen LogP contribution in [0.3, 0.4) is 0 Å². The molecule has 0 fully saturated rings. The molecule has 0 saturated carbocycles. The summed E-state index contributed by atoms with van der Waals surface area (Å²) in [5.74, 6) is -0.295.